The van der Waals surface area contributed by atoms with Gasteiger partial charge in [-0.3, -0.25) is 14.7 Å². The summed E-state index contributed by atoms with van der Waals surface area (Å²) in [5.74, 6) is -0.0397. The largest absolute Gasteiger partial charge is 0.398 e. The summed E-state index contributed by atoms with van der Waals surface area (Å²) in [6.45, 7) is 2.97. The van der Waals surface area contributed by atoms with E-state index in [0.717, 1.165) is 32.5 Å². The van der Waals surface area contributed by atoms with Crippen LogP contribution in [0, 0.1) is 0 Å². The number of pyridine rings is 1. The van der Waals surface area contributed by atoms with Gasteiger partial charge in [-0.15, -0.1) is 0 Å². The van der Waals surface area contributed by atoms with Gasteiger partial charge in [0, 0.05) is 50.8 Å². The Morgan fingerprint density at radius 3 is 2.62 bits per heavy atom. The number of carbonyl (C=O) groups is 1. The minimum absolute atomic E-state index is 0.0397. The molecule has 1 aliphatic rings. The third kappa shape index (κ3) is 3.74. The second kappa shape index (κ2) is 7.45. The van der Waals surface area contributed by atoms with E-state index in [1.807, 2.05) is 18.0 Å². The van der Waals surface area contributed by atoms with Crippen molar-refractivity contribution in [2.75, 3.05) is 25.9 Å². The first kappa shape index (κ1) is 16.5. The zero-order valence-corrected chi connectivity index (χ0v) is 14.1. The Kier molecular flexibility index (Phi) is 5.11. The molecule has 0 unspecified atom stereocenters. The number of rotatable bonds is 4. The van der Waals surface area contributed by atoms with Gasteiger partial charge in [-0.25, -0.2) is 0 Å². The van der Waals surface area contributed by atoms with Gasteiger partial charge in [-0.05, 0) is 24.5 Å². The molecule has 0 saturated carbocycles. The molecule has 0 radical (unpaired) electrons. The molecule has 2 aromatic rings. The van der Waals surface area contributed by atoms with Crippen molar-refractivity contribution in [1.29, 1.82) is 0 Å². The van der Waals surface area contributed by atoms with Gasteiger partial charge in [0.15, 0.2) is 0 Å². The summed E-state index contributed by atoms with van der Waals surface area (Å²) in [4.78, 5) is 20.9. The third-order valence-electron chi connectivity index (χ3n) is 4.76. The number of hydrogen-bond acceptors (Lipinski definition) is 4. The van der Waals surface area contributed by atoms with Gasteiger partial charge in [0.25, 0.3) is 5.91 Å². The van der Waals surface area contributed by atoms with Crippen molar-refractivity contribution in [2.45, 2.75) is 25.4 Å². The van der Waals surface area contributed by atoms with Crippen LogP contribution in [0.15, 0.2) is 48.8 Å². The first-order valence-corrected chi connectivity index (χ1v) is 8.38. The summed E-state index contributed by atoms with van der Waals surface area (Å²) in [6.07, 6.45) is 5.12. The molecule has 24 heavy (non-hydrogen) atoms. The fraction of sp³-hybridized carbons (Fsp3) is 0.368. The maximum Gasteiger partial charge on any atom is 0.257 e. The lowest BCUT2D eigenvalue weighted by Gasteiger charge is -2.36. The standard InChI is InChI=1S/C19H24N4O/c1-22(19(24)17-13-21-10-7-18(17)20)16-8-11-23(12-9-16)14-15-5-3-2-4-6-15/h2-7,10,13,16H,8-9,11-12,14H2,1H3,(H2,20,21). The lowest BCUT2D eigenvalue weighted by molar-refractivity contribution is 0.0637. The fourth-order valence-corrected chi connectivity index (χ4v) is 3.25. The van der Waals surface area contributed by atoms with E-state index in [9.17, 15) is 4.79 Å². The highest BCUT2D eigenvalue weighted by molar-refractivity contribution is 5.98. The van der Waals surface area contributed by atoms with Crippen molar-refractivity contribution >= 4 is 11.6 Å². The van der Waals surface area contributed by atoms with Crippen LogP contribution in [0.25, 0.3) is 0 Å². The number of piperidine rings is 1. The summed E-state index contributed by atoms with van der Waals surface area (Å²) >= 11 is 0. The molecule has 0 atom stereocenters. The topological polar surface area (TPSA) is 62.5 Å². The van der Waals surface area contributed by atoms with Gasteiger partial charge in [0.05, 0.1) is 5.56 Å². The molecule has 126 valence electrons. The van der Waals surface area contributed by atoms with Crippen LogP contribution in [-0.4, -0.2) is 46.9 Å². The molecule has 0 aliphatic carbocycles. The van der Waals surface area contributed by atoms with Gasteiger partial charge in [-0.2, -0.15) is 0 Å². The van der Waals surface area contributed by atoms with Crippen LogP contribution < -0.4 is 5.73 Å². The van der Waals surface area contributed by atoms with Gasteiger partial charge < -0.3 is 10.6 Å². The van der Waals surface area contributed by atoms with E-state index < -0.39 is 0 Å². The highest BCUT2D eigenvalue weighted by Crippen LogP contribution is 2.20. The molecular formula is C19H24N4O. The highest BCUT2D eigenvalue weighted by atomic mass is 16.2. The zero-order valence-electron chi connectivity index (χ0n) is 14.1. The number of hydrogen-bond donors (Lipinski definition) is 1. The summed E-state index contributed by atoms with van der Waals surface area (Å²) in [5.41, 5.74) is 8.22. The minimum Gasteiger partial charge on any atom is -0.398 e. The molecule has 2 heterocycles. The Labute approximate surface area is 143 Å². The molecule has 0 spiro atoms. The van der Waals surface area contributed by atoms with Crippen molar-refractivity contribution in [3.63, 3.8) is 0 Å². The van der Waals surface area contributed by atoms with Gasteiger partial charge in [-0.1, -0.05) is 30.3 Å². The lowest BCUT2D eigenvalue weighted by atomic mass is 10.0. The SMILES string of the molecule is CN(C(=O)c1cnccc1N)C1CCN(Cc2ccccc2)CC1. The van der Waals surface area contributed by atoms with Crippen LogP contribution in [0.2, 0.25) is 0 Å². The molecule has 5 nitrogen and oxygen atoms in total. The number of nitrogens with zero attached hydrogens (tertiary/aromatic N) is 3. The van der Waals surface area contributed by atoms with Gasteiger partial charge in [0.2, 0.25) is 0 Å². The van der Waals surface area contributed by atoms with Crippen LogP contribution >= 0.6 is 0 Å². The number of aromatic nitrogens is 1. The predicted octanol–water partition coefficient (Wildman–Crippen LogP) is 2.40. The van der Waals surface area contributed by atoms with Crippen molar-refractivity contribution < 1.29 is 4.79 Å². The van der Waals surface area contributed by atoms with Crippen LogP contribution in [0.1, 0.15) is 28.8 Å². The van der Waals surface area contributed by atoms with Gasteiger partial charge >= 0.3 is 0 Å². The smallest absolute Gasteiger partial charge is 0.257 e. The van der Waals surface area contributed by atoms with Crippen molar-refractivity contribution in [3.05, 3.63) is 59.9 Å². The summed E-state index contributed by atoms with van der Waals surface area (Å²) in [7, 11) is 1.87. The lowest BCUT2D eigenvalue weighted by Crippen LogP contribution is -2.45. The Balaban J connectivity index is 1.56. The highest BCUT2D eigenvalue weighted by Gasteiger charge is 2.26. The summed E-state index contributed by atoms with van der Waals surface area (Å²) in [6, 6.07) is 12.4. The normalized spacial score (nSPS) is 16.0. The van der Waals surface area contributed by atoms with E-state index in [2.05, 4.69) is 34.1 Å². The summed E-state index contributed by atoms with van der Waals surface area (Å²) < 4.78 is 0. The first-order chi connectivity index (χ1) is 11.6. The fourth-order valence-electron chi connectivity index (χ4n) is 3.25. The maximum atomic E-state index is 12.6. The number of likely N-dealkylation sites (tertiary alicyclic amines) is 1. The second-order valence-electron chi connectivity index (χ2n) is 6.37. The Morgan fingerprint density at radius 2 is 1.96 bits per heavy atom. The first-order valence-electron chi connectivity index (χ1n) is 8.38. The molecule has 3 rings (SSSR count). The van der Waals surface area contributed by atoms with E-state index in [1.54, 1.807) is 18.5 Å². The molecule has 1 fully saturated rings. The van der Waals surface area contributed by atoms with E-state index in [1.165, 1.54) is 5.56 Å². The minimum atomic E-state index is -0.0397. The average molecular weight is 324 g/mol. The number of benzene rings is 1. The number of nitrogen functional groups attached to an aromatic ring is 1. The van der Waals surface area contributed by atoms with E-state index in [-0.39, 0.29) is 11.9 Å². The van der Waals surface area contributed by atoms with Crippen LogP contribution in [0.5, 0.6) is 0 Å². The molecule has 1 saturated heterocycles. The van der Waals surface area contributed by atoms with E-state index in [0.29, 0.717) is 11.3 Å². The van der Waals surface area contributed by atoms with Crippen molar-refractivity contribution in [1.82, 2.24) is 14.8 Å². The number of anilines is 1. The number of nitrogens with two attached hydrogens (primary N) is 1. The Bertz CT molecular complexity index is 681. The molecule has 5 heteroatoms. The van der Waals surface area contributed by atoms with Crippen molar-refractivity contribution in [2.24, 2.45) is 0 Å². The maximum absolute atomic E-state index is 12.6. The van der Waals surface area contributed by atoms with Crippen LogP contribution in [0.3, 0.4) is 0 Å². The zero-order chi connectivity index (χ0) is 16.9. The van der Waals surface area contributed by atoms with Crippen LogP contribution in [0.4, 0.5) is 5.69 Å². The van der Waals surface area contributed by atoms with Crippen molar-refractivity contribution in [3.8, 4) is 0 Å². The Hall–Kier alpha value is -2.40. The molecule has 2 N–H and O–H groups in total. The monoisotopic (exact) mass is 324 g/mol. The second-order valence-corrected chi connectivity index (χ2v) is 6.37. The summed E-state index contributed by atoms with van der Waals surface area (Å²) in [5, 5.41) is 0. The number of carbonyl (C=O) groups excluding carboxylic acids is 1. The Morgan fingerprint density at radius 1 is 1.25 bits per heavy atom. The molecule has 1 aromatic heterocycles. The quantitative estimate of drug-likeness (QED) is 0.938. The van der Waals surface area contributed by atoms with Crippen LogP contribution in [-0.2, 0) is 6.54 Å². The van der Waals surface area contributed by atoms with E-state index in [4.69, 9.17) is 5.73 Å². The third-order valence-corrected chi connectivity index (χ3v) is 4.76. The molecule has 1 aromatic carbocycles. The molecule has 1 aliphatic heterocycles. The van der Waals surface area contributed by atoms with E-state index >= 15 is 0 Å². The molecule has 0 bridgehead atoms. The molecular weight excluding hydrogens is 300 g/mol. The predicted molar refractivity (Wildman–Crippen MR) is 95.5 cm³/mol. The number of amides is 1. The van der Waals surface area contributed by atoms with Gasteiger partial charge in [0.1, 0.15) is 0 Å². The molecule has 1 amide bonds. The average Bonchev–Trinajstić information content (AvgIpc) is 2.62.